The van der Waals surface area contributed by atoms with E-state index in [2.05, 4.69) is 38.4 Å². The third-order valence-electron chi connectivity index (χ3n) is 2.57. The van der Waals surface area contributed by atoms with Crippen LogP contribution in [0, 0.1) is 0 Å². The molecule has 0 bridgehead atoms. The monoisotopic (exact) mass is 311 g/mol. The number of nitrogens with zero attached hydrogens (tertiary/aromatic N) is 1. The number of hydrogen-bond acceptors (Lipinski definition) is 4. The number of anilines is 1. The molecule has 2 rings (SSSR count). The van der Waals surface area contributed by atoms with Crippen molar-refractivity contribution in [2.75, 3.05) is 12.8 Å². The molecule has 5 heteroatoms. The van der Waals surface area contributed by atoms with Gasteiger partial charge in [0.2, 0.25) is 0 Å². The van der Waals surface area contributed by atoms with Crippen LogP contribution in [0.4, 0.5) is 5.82 Å². The first-order valence-electron chi connectivity index (χ1n) is 5.32. The van der Waals surface area contributed by atoms with Crippen LogP contribution in [0.1, 0.15) is 16.5 Å². The Morgan fingerprint density at radius 2 is 2.29 bits per heavy atom. The minimum Gasteiger partial charge on any atom is -0.384 e. The summed E-state index contributed by atoms with van der Waals surface area (Å²) in [7, 11) is 1.98. The van der Waals surface area contributed by atoms with Crippen LogP contribution < -0.4 is 11.1 Å². The second kappa shape index (κ2) is 5.62. The molecule has 1 unspecified atom stereocenters. The maximum Gasteiger partial charge on any atom is 0.123 e. The number of nitrogens with one attached hydrogen (secondary N) is 1. The highest BCUT2D eigenvalue weighted by atomic mass is 79.9. The predicted octanol–water partition coefficient (Wildman–Crippen LogP) is 2.99. The van der Waals surface area contributed by atoms with Gasteiger partial charge in [-0.2, -0.15) is 0 Å². The Labute approximate surface area is 113 Å². The fourth-order valence-corrected chi connectivity index (χ4v) is 3.25. The smallest absolute Gasteiger partial charge is 0.123 e. The van der Waals surface area contributed by atoms with Crippen molar-refractivity contribution in [3.8, 4) is 0 Å². The second-order valence-corrected chi connectivity index (χ2v) is 6.27. The van der Waals surface area contributed by atoms with Crippen LogP contribution in [0.2, 0.25) is 0 Å². The largest absolute Gasteiger partial charge is 0.384 e. The quantitative estimate of drug-likeness (QED) is 0.912. The molecule has 17 heavy (non-hydrogen) atoms. The van der Waals surface area contributed by atoms with Gasteiger partial charge in [-0.25, -0.2) is 4.98 Å². The molecule has 0 aliphatic rings. The van der Waals surface area contributed by atoms with Crippen molar-refractivity contribution in [3.63, 3.8) is 0 Å². The predicted molar refractivity (Wildman–Crippen MR) is 76.2 cm³/mol. The number of hydrogen-bond donors (Lipinski definition) is 2. The molecule has 3 N–H and O–H groups in total. The summed E-state index contributed by atoms with van der Waals surface area (Å²) in [6, 6.07) is 8.45. The molecule has 90 valence electrons. The number of aromatic nitrogens is 1. The van der Waals surface area contributed by atoms with Crippen LogP contribution in [-0.2, 0) is 6.42 Å². The van der Waals surface area contributed by atoms with E-state index >= 15 is 0 Å². The topological polar surface area (TPSA) is 50.9 Å². The van der Waals surface area contributed by atoms with Crippen molar-refractivity contribution < 1.29 is 0 Å². The van der Waals surface area contributed by atoms with Gasteiger partial charge in [-0.15, -0.1) is 11.3 Å². The van der Waals surface area contributed by atoms with E-state index in [9.17, 15) is 0 Å². The van der Waals surface area contributed by atoms with Crippen molar-refractivity contribution in [2.24, 2.45) is 0 Å². The number of likely N-dealkylation sites (N-methyl/N-ethyl adjacent to an activating group) is 1. The fraction of sp³-hybridized carbons (Fsp3) is 0.250. The molecule has 0 radical (unpaired) electrons. The molecule has 2 aromatic rings. The standard InChI is InChI=1S/C12H14BrN3S/c1-15-9(10-2-3-11(13)17-10)6-8-4-5-16-12(14)7-8/h2-5,7,9,15H,6H2,1H3,(H2,14,16). The lowest BCUT2D eigenvalue weighted by Gasteiger charge is -2.14. The minimum absolute atomic E-state index is 0.313. The summed E-state index contributed by atoms with van der Waals surface area (Å²) >= 11 is 5.24. The second-order valence-electron chi connectivity index (χ2n) is 3.78. The maximum absolute atomic E-state index is 5.68. The average Bonchev–Trinajstić information content (AvgIpc) is 2.73. The Bertz CT molecular complexity index is 498. The van der Waals surface area contributed by atoms with E-state index < -0.39 is 0 Å². The molecule has 2 aromatic heterocycles. The van der Waals surface area contributed by atoms with Gasteiger partial charge in [0.05, 0.1) is 3.79 Å². The fourth-order valence-electron chi connectivity index (χ4n) is 1.72. The minimum atomic E-state index is 0.313. The SMILES string of the molecule is CNC(Cc1ccnc(N)c1)c1ccc(Br)s1. The van der Waals surface area contributed by atoms with Crippen LogP contribution in [0.15, 0.2) is 34.2 Å². The zero-order valence-electron chi connectivity index (χ0n) is 9.48. The third-order valence-corrected chi connectivity index (χ3v) is 4.31. The summed E-state index contributed by atoms with van der Waals surface area (Å²) in [5, 5.41) is 3.33. The van der Waals surface area contributed by atoms with E-state index in [1.165, 1.54) is 10.4 Å². The van der Waals surface area contributed by atoms with Crippen LogP contribution in [0.3, 0.4) is 0 Å². The molecule has 0 aliphatic heterocycles. The van der Waals surface area contributed by atoms with E-state index in [1.807, 2.05) is 19.2 Å². The number of halogens is 1. The van der Waals surface area contributed by atoms with Gasteiger partial charge in [0.15, 0.2) is 0 Å². The summed E-state index contributed by atoms with van der Waals surface area (Å²) < 4.78 is 1.15. The first-order valence-corrected chi connectivity index (χ1v) is 6.93. The maximum atomic E-state index is 5.68. The Kier molecular flexibility index (Phi) is 4.15. The molecular weight excluding hydrogens is 298 g/mol. The Morgan fingerprint density at radius 3 is 2.88 bits per heavy atom. The lowest BCUT2D eigenvalue weighted by molar-refractivity contribution is 0.602. The molecule has 1 atom stereocenters. The lowest BCUT2D eigenvalue weighted by Crippen LogP contribution is -2.17. The number of pyridine rings is 1. The molecular formula is C12H14BrN3S. The van der Waals surface area contributed by atoms with E-state index in [0.717, 1.165) is 10.2 Å². The number of nitrogens with two attached hydrogens (primary N) is 1. The van der Waals surface area contributed by atoms with E-state index in [4.69, 9.17) is 5.73 Å². The van der Waals surface area contributed by atoms with Gasteiger partial charge in [-0.05, 0) is 59.2 Å². The zero-order valence-corrected chi connectivity index (χ0v) is 11.9. The van der Waals surface area contributed by atoms with Crippen LogP contribution in [-0.4, -0.2) is 12.0 Å². The highest BCUT2D eigenvalue weighted by molar-refractivity contribution is 9.11. The van der Waals surface area contributed by atoms with Gasteiger partial charge in [0.25, 0.3) is 0 Å². The van der Waals surface area contributed by atoms with Gasteiger partial charge in [-0.3, -0.25) is 0 Å². The highest BCUT2D eigenvalue weighted by Gasteiger charge is 2.12. The molecule has 0 aromatic carbocycles. The van der Waals surface area contributed by atoms with Gasteiger partial charge in [-0.1, -0.05) is 0 Å². The molecule has 3 nitrogen and oxygen atoms in total. The first-order chi connectivity index (χ1) is 8.19. The van der Waals surface area contributed by atoms with E-state index in [1.54, 1.807) is 17.5 Å². The van der Waals surface area contributed by atoms with Crippen molar-refractivity contribution in [3.05, 3.63) is 44.7 Å². The molecule has 2 heterocycles. The van der Waals surface area contributed by atoms with Crippen molar-refractivity contribution in [1.29, 1.82) is 0 Å². The third kappa shape index (κ3) is 3.28. The van der Waals surface area contributed by atoms with Gasteiger partial charge in [0, 0.05) is 17.1 Å². The zero-order chi connectivity index (χ0) is 12.3. The molecule has 0 saturated heterocycles. The molecule has 0 amide bonds. The van der Waals surface area contributed by atoms with Crippen LogP contribution in [0.25, 0.3) is 0 Å². The molecule has 0 fully saturated rings. The Hall–Kier alpha value is -0.910. The summed E-state index contributed by atoms with van der Waals surface area (Å²) in [5.74, 6) is 0.574. The Morgan fingerprint density at radius 1 is 1.47 bits per heavy atom. The van der Waals surface area contributed by atoms with Crippen LogP contribution >= 0.6 is 27.3 Å². The summed E-state index contributed by atoms with van der Waals surface area (Å²) in [6.07, 6.45) is 2.66. The van der Waals surface area contributed by atoms with Crippen LogP contribution in [0.5, 0.6) is 0 Å². The van der Waals surface area contributed by atoms with Crippen molar-refractivity contribution in [2.45, 2.75) is 12.5 Å². The normalized spacial score (nSPS) is 12.6. The summed E-state index contributed by atoms with van der Waals surface area (Å²) in [4.78, 5) is 5.32. The van der Waals surface area contributed by atoms with Crippen molar-refractivity contribution in [1.82, 2.24) is 10.3 Å². The summed E-state index contributed by atoms with van der Waals surface area (Å²) in [5.41, 5.74) is 6.88. The van der Waals surface area contributed by atoms with E-state index in [0.29, 0.717) is 11.9 Å². The summed E-state index contributed by atoms with van der Waals surface area (Å²) in [6.45, 7) is 0. The number of rotatable bonds is 4. The first kappa shape index (κ1) is 12.5. The molecule has 0 aliphatic carbocycles. The van der Waals surface area contributed by atoms with Crippen molar-refractivity contribution >= 4 is 33.1 Å². The Balaban J connectivity index is 2.15. The average molecular weight is 312 g/mol. The van der Waals surface area contributed by atoms with E-state index in [-0.39, 0.29) is 0 Å². The van der Waals surface area contributed by atoms with Gasteiger partial charge >= 0.3 is 0 Å². The number of thiophene rings is 1. The molecule has 0 spiro atoms. The molecule has 0 saturated carbocycles. The number of nitrogen functional groups attached to an aromatic ring is 1. The van der Waals surface area contributed by atoms with Gasteiger partial charge < -0.3 is 11.1 Å². The lowest BCUT2D eigenvalue weighted by atomic mass is 10.1. The highest BCUT2D eigenvalue weighted by Crippen LogP contribution is 2.29. The van der Waals surface area contributed by atoms with Gasteiger partial charge in [0.1, 0.15) is 5.82 Å².